The van der Waals surface area contributed by atoms with Crippen LogP contribution in [0.4, 0.5) is 4.79 Å². The van der Waals surface area contributed by atoms with Gasteiger partial charge in [0.2, 0.25) is 5.91 Å². The van der Waals surface area contributed by atoms with Crippen LogP contribution in [0.15, 0.2) is 60.7 Å². The lowest BCUT2D eigenvalue weighted by Crippen LogP contribution is -2.46. The number of carbonyl (C=O) groups is 3. The van der Waals surface area contributed by atoms with Crippen LogP contribution in [0.25, 0.3) is 0 Å². The number of Topliss-reactive ketones (excluding diaryl/α,β-unsaturated/α-hetero) is 1. The van der Waals surface area contributed by atoms with E-state index in [0.717, 1.165) is 11.1 Å². The second kappa shape index (κ2) is 11.2. The third-order valence-electron chi connectivity index (χ3n) is 4.17. The third-order valence-corrected chi connectivity index (χ3v) is 4.95. The Balaban J connectivity index is 2.00. The van der Waals surface area contributed by atoms with Crippen molar-refractivity contribution in [3.63, 3.8) is 0 Å². The Morgan fingerprint density at radius 3 is 2.07 bits per heavy atom. The zero-order chi connectivity index (χ0) is 20.4. The molecule has 28 heavy (non-hydrogen) atoms. The molecule has 0 saturated carbocycles. The van der Waals surface area contributed by atoms with Crippen LogP contribution in [0.5, 0.6) is 0 Å². The first-order valence-electron chi connectivity index (χ1n) is 8.88. The predicted octanol–water partition coefficient (Wildman–Crippen LogP) is 2.98. The van der Waals surface area contributed by atoms with E-state index < -0.39 is 24.0 Å². The summed E-state index contributed by atoms with van der Waals surface area (Å²) >= 11 is 3.36. The van der Waals surface area contributed by atoms with Gasteiger partial charge in [-0.25, -0.2) is 4.79 Å². The number of hydrogen-bond acceptors (Lipinski definition) is 4. The molecular weight excluding hydrogens is 424 g/mol. The predicted molar refractivity (Wildman–Crippen MR) is 110 cm³/mol. The number of nitrogens with one attached hydrogen (secondary N) is 1. The van der Waals surface area contributed by atoms with Gasteiger partial charge in [-0.15, -0.1) is 0 Å². The average Bonchev–Trinajstić information content (AvgIpc) is 2.70. The third kappa shape index (κ3) is 7.15. The lowest BCUT2D eigenvalue weighted by Gasteiger charge is -2.21. The van der Waals surface area contributed by atoms with Gasteiger partial charge in [0.1, 0.15) is 6.61 Å². The molecule has 0 bridgehead atoms. The minimum Gasteiger partial charge on any atom is -0.445 e. The lowest BCUT2D eigenvalue weighted by atomic mass is 9.91. The minimum atomic E-state index is -1.04. The molecule has 2 amide bonds. The van der Waals surface area contributed by atoms with Gasteiger partial charge in [0.15, 0.2) is 5.78 Å². The van der Waals surface area contributed by atoms with Crippen LogP contribution in [-0.2, 0) is 27.4 Å². The van der Waals surface area contributed by atoms with Crippen molar-refractivity contribution in [2.75, 3.05) is 5.33 Å². The van der Waals surface area contributed by atoms with Crippen molar-refractivity contribution < 1.29 is 19.1 Å². The number of amides is 2. The van der Waals surface area contributed by atoms with Crippen LogP contribution < -0.4 is 11.1 Å². The number of rotatable bonds is 10. The summed E-state index contributed by atoms with van der Waals surface area (Å²) in [5.74, 6) is -1.35. The maximum Gasteiger partial charge on any atom is 0.408 e. The quantitative estimate of drug-likeness (QED) is 0.547. The molecule has 0 heterocycles. The Morgan fingerprint density at radius 2 is 1.54 bits per heavy atom. The van der Waals surface area contributed by atoms with Gasteiger partial charge in [0.25, 0.3) is 0 Å². The van der Waals surface area contributed by atoms with Crippen LogP contribution in [-0.4, -0.2) is 29.2 Å². The van der Waals surface area contributed by atoms with Gasteiger partial charge in [-0.2, -0.15) is 0 Å². The highest BCUT2D eigenvalue weighted by molar-refractivity contribution is 9.09. The summed E-state index contributed by atoms with van der Waals surface area (Å²) in [6.07, 6.45) is -0.560. The highest BCUT2D eigenvalue weighted by atomic mass is 79.9. The standard InChI is InChI=1S/C21H23BrN2O4/c22-13-17(11-15-7-3-1-4-8-15)20(26)18(12-19(23)25)24-21(27)28-14-16-9-5-2-6-10-16/h1-10,17-18H,11-14H2,(H2,23,25)(H,24,27)/t17?,18-/m0/s1. The van der Waals surface area contributed by atoms with Gasteiger partial charge >= 0.3 is 6.09 Å². The molecule has 0 spiro atoms. The minimum absolute atomic E-state index is 0.0655. The SMILES string of the molecule is NC(=O)C[C@H](NC(=O)OCc1ccccc1)C(=O)C(CBr)Cc1ccccc1. The number of alkyl carbamates (subject to hydrolysis) is 1. The largest absolute Gasteiger partial charge is 0.445 e. The molecule has 1 unspecified atom stereocenters. The van der Waals surface area contributed by atoms with Crippen molar-refractivity contribution in [2.45, 2.75) is 25.5 Å². The summed E-state index contributed by atoms with van der Waals surface area (Å²) in [4.78, 5) is 36.5. The van der Waals surface area contributed by atoms with Crippen LogP contribution in [0.2, 0.25) is 0 Å². The van der Waals surface area contributed by atoms with Gasteiger partial charge in [0, 0.05) is 11.2 Å². The molecule has 7 heteroatoms. The topological polar surface area (TPSA) is 98.5 Å². The lowest BCUT2D eigenvalue weighted by molar-refractivity contribution is -0.127. The zero-order valence-corrected chi connectivity index (χ0v) is 16.9. The second-order valence-corrected chi connectivity index (χ2v) is 7.02. The number of hydrogen-bond donors (Lipinski definition) is 2. The van der Waals surface area contributed by atoms with Crippen LogP contribution in [0.3, 0.4) is 0 Å². The summed E-state index contributed by atoms with van der Waals surface area (Å²) in [6.45, 7) is 0.0655. The zero-order valence-electron chi connectivity index (χ0n) is 15.3. The first-order valence-corrected chi connectivity index (χ1v) is 10.0. The molecular formula is C21H23BrN2O4. The number of primary amides is 1. The second-order valence-electron chi connectivity index (χ2n) is 6.37. The fourth-order valence-electron chi connectivity index (χ4n) is 2.75. The maximum atomic E-state index is 12.9. The van der Waals surface area contributed by atoms with Gasteiger partial charge in [-0.05, 0) is 17.5 Å². The van der Waals surface area contributed by atoms with Crippen molar-refractivity contribution >= 4 is 33.7 Å². The van der Waals surface area contributed by atoms with E-state index in [-0.39, 0.29) is 18.8 Å². The van der Waals surface area contributed by atoms with E-state index in [4.69, 9.17) is 10.5 Å². The number of ether oxygens (including phenoxy) is 1. The number of nitrogens with two attached hydrogens (primary N) is 1. The van der Waals surface area contributed by atoms with Crippen LogP contribution >= 0.6 is 15.9 Å². The van der Waals surface area contributed by atoms with Crippen molar-refractivity contribution in [1.82, 2.24) is 5.32 Å². The van der Waals surface area contributed by atoms with Gasteiger partial charge < -0.3 is 15.8 Å². The molecule has 0 aliphatic rings. The normalized spacial score (nSPS) is 12.6. The summed E-state index contributed by atoms with van der Waals surface area (Å²) in [6, 6.07) is 17.7. The van der Waals surface area contributed by atoms with E-state index in [0.29, 0.717) is 11.8 Å². The molecule has 2 rings (SSSR count). The number of halogens is 1. The number of carbonyl (C=O) groups excluding carboxylic acids is 3. The molecule has 0 fully saturated rings. The molecule has 0 aliphatic carbocycles. The molecule has 148 valence electrons. The van der Waals surface area contributed by atoms with E-state index >= 15 is 0 Å². The molecule has 2 aromatic rings. The molecule has 0 aromatic heterocycles. The highest BCUT2D eigenvalue weighted by Gasteiger charge is 2.29. The highest BCUT2D eigenvalue weighted by Crippen LogP contribution is 2.16. The monoisotopic (exact) mass is 446 g/mol. The summed E-state index contributed by atoms with van der Waals surface area (Å²) < 4.78 is 5.16. The summed E-state index contributed by atoms with van der Waals surface area (Å²) in [5.41, 5.74) is 7.08. The smallest absolute Gasteiger partial charge is 0.408 e. The first kappa shape index (κ1) is 21.6. The van der Waals surface area contributed by atoms with Gasteiger partial charge in [-0.3, -0.25) is 9.59 Å². The average molecular weight is 447 g/mol. The molecule has 2 atom stereocenters. The van der Waals surface area contributed by atoms with Crippen molar-refractivity contribution in [3.8, 4) is 0 Å². The Bertz CT molecular complexity index is 784. The van der Waals surface area contributed by atoms with Crippen LogP contribution in [0.1, 0.15) is 17.5 Å². The van der Waals surface area contributed by atoms with E-state index in [1.54, 1.807) is 0 Å². The molecule has 0 radical (unpaired) electrons. The van der Waals surface area contributed by atoms with Gasteiger partial charge in [0.05, 0.1) is 12.5 Å². The van der Waals surface area contributed by atoms with E-state index in [1.807, 2.05) is 60.7 Å². The van der Waals surface area contributed by atoms with Crippen molar-refractivity contribution in [3.05, 3.63) is 71.8 Å². The Labute approximate surface area is 172 Å². The molecule has 6 nitrogen and oxygen atoms in total. The molecule has 0 saturated heterocycles. The van der Waals surface area contributed by atoms with Crippen molar-refractivity contribution in [2.24, 2.45) is 11.7 Å². The Morgan fingerprint density at radius 1 is 0.964 bits per heavy atom. The summed E-state index contributed by atoms with van der Waals surface area (Å²) in [7, 11) is 0. The summed E-state index contributed by atoms with van der Waals surface area (Å²) in [5, 5.41) is 2.89. The van der Waals surface area contributed by atoms with E-state index in [9.17, 15) is 14.4 Å². The molecule has 0 aliphatic heterocycles. The van der Waals surface area contributed by atoms with Crippen LogP contribution in [0, 0.1) is 5.92 Å². The number of benzene rings is 2. The fourth-order valence-corrected chi connectivity index (χ4v) is 3.29. The maximum absolute atomic E-state index is 12.9. The van der Waals surface area contributed by atoms with E-state index in [2.05, 4.69) is 21.2 Å². The fraction of sp³-hybridized carbons (Fsp3) is 0.286. The van der Waals surface area contributed by atoms with E-state index in [1.165, 1.54) is 0 Å². The Kier molecular flexibility index (Phi) is 8.68. The number of alkyl halides is 1. The number of ketones is 1. The first-order chi connectivity index (χ1) is 13.5. The Hall–Kier alpha value is -2.67. The van der Waals surface area contributed by atoms with Gasteiger partial charge in [-0.1, -0.05) is 76.6 Å². The molecule has 2 aromatic carbocycles. The van der Waals surface area contributed by atoms with Crippen molar-refractivity contribution in [1.29, 1.82) is 0 Å². The molecule has 3 N–H and O–H groups in total.